The molecule has 4 nitrogen and oxygen atoms in total. The molecule has 0 spiro atoms. The van der Waals surface area contributed by atoms with E-state index in [9.17, 15) is 4.79 Å². The zero-order valence-corrected chi connectivity index (χ0v) is 8.44. The number of pyridine rings is 1. The lowest BCUT2D eigenvalue weighted by atomic mass is 9.97. The van der Waals surface area contributed by atoms with Crippen molar-refractivity contribution in [3.8, 4) is 5.75 Å². The minimum Gasteiger partial charge on any atom is -0.495 e. The van der Waals surface area contributed by atoms with Gasteiger partial charge in [-0.1, -0.05) is 0 Å². The molecule has 14 heavy (non-hydrogen) atoms. The third-order valence-electron chi connectivity index (χ3n) is 1.98. The molecular formula is C10H12N2O2. The van der Waals surface area contributed by atoms with Crippen molar-refractivity contribution in [2.75, 3.05) is 7.11 Å². The first-order valence-electron chi connectivity index (χ1n) is 4.18. The monoisotopic (exact) mass is 192 g/mol. The van der Waals surface area contributed by atoms with Crippen LogP contribution in [0.4, 0.5) is 0 Å². The van der Waals surface area contributed by atoms with Crippen LogP contribution >= 0.6 is 0 Å². The van der Waals surface area contributed by atoms with Gasteiger partial charge in [-0.05, 0) is 19.9 Å². The number of aliphatic imine (C=N–C) groups is 1. The van der Waals surface area contributed by atoms with Crippen molar-refractivity contribution in [3.05, 3.63) is 24.0 Å². The number of hydrogen-bond acceptors (Lipinski definition) is 4. The van der Waals surface area contributed by atoms with Crippen LogP contribution in [0.3, 0.4) is 0 Å². The molecule has 0 aliphatic rings. The topological polar surface area (TPSA) is 51.6 Å². The van der Waals surface area contributed by atoms with Gasteiger partial charge in [0.25, 0.3) is 0 Å². The fourth-order valence-corrected chi connectivity index (χ4v) is 1.04. The smallest absolute Gasteiger partial charge is 0.235 e. The molecule has 0 aliphatic heterocycles. The Labute approximate surface area is 82.6 Å². The number of rotatable bonds is 3. The summed E-state index contributed by atoms with van der Waals surface area (Å²) >= 11 is 0. The summed E-state index contributed by atoms with van der Waals surface area (Å²) in [6.07, 6.45) is 4.81. The Morgan fingerprint density at radius 3 is 2.79 bits per heavy atom. The van der Waals surface area contributed by atoms with Crippen LogP contribution in [0.25, 0.3) is 0 Å². The zero-order valence-electron chi connectivity index (χ0n) is 8.44. The molecule has 0 fully saturated rings. The van der Waals surface area contributed by atoms with E-state index in [-0.39, 0.29) is 0 Å². The van der Waals surface area contributed by atoms with E-state index in [0.29, 0.717) is 5.75 Å². The Bertz CT molecular complexity index is 368. The van der Waals surface area contributed by atoms with Crippen molar-refractivity contribution >= 4 is 6.08 Å². The largest absolute Gasteiger partial charge is 0.495 e. The Hall–Kier alpha value is -1.67. The van der Waals surface area contributed by atoms with Crippen LogP contribution in [-0.4, -0.2) is 18.2 Å². The number of ether oxygens (including phenoxy) is 1. The van der Waals surface area contributed by atoms with E-state index in [1.165, 1.54) is 0 Å². The van der Waals surface area contributed by atoms with Crippen LogP contribution in [0.1, 0.15) is 19.4 Å². The van der Waals surface area contributed by atoms with Gasteiger partial charge in [0, 0.05) is 11.8 Å². The molecule has 4 heteroatoms. The maximum absolute atomic E-state index is 10.2. The van der Waals surface area contributed by atoms with Crippen molar-refractivity contribution in [2.24, 2.45) is 4.99 Å². The van der Waals surface area contributed by atoms with Gasteiger partial charge in [-0.25, -0.2) is 4.79 Å². The molecular weight excluding hydrogens is 180 g/mol. The summed E-state index contributed by atoms with van der Waals surface area (Å²) in [5, 5.41) is 0. The van der Waals surface area contributed by atoms with Crippen LogP contribution < -0.4 is 4.74 Å². The number of nitrogens with zero attached hydrogens (tertiary/aromatic N) is 2. The lowest BCUT2D eigenvalue weighted by Crippen LogP contribution is -2.13. The minimum atomic E-state index is -0.608. The highest BCUT2D eigenvalue weighted by molar-refractivity contribution is 5.38. The van der Waals surface area contributed by atoms with Crippen LogP contribution in [0, 0.1) is 0 Å². The van der Waals surface area contributed by atoms with Gasteiger partial charge in [0.1, 0.15) is 5.75 Å². The predicted molar refractivity (Wildman–Crippen MR) is 51.9 cm³/mol. The number of isocyanates is 1. The van der Waals surface area contributed by atoms with E-state index in [1.54, 1.807) is 31.6 Å². The maximum atomic E-state index is 10.2. The fourth-order valence-electron chi connectivity index (χ4n) is 1.04. The van der Waals surface area contributed by atoms with Gasteiger partial charge >= 0.3 is 0 Å². The third-order valence-corrected chi connectivity index (χ3v) is 1.98. The normalized spacial score (nSPS) is 10.5. The zero-order chi connectivity index (χ0) is 10.6. The summed E-state index contributed by atoms with van der Waals surface area (Å²) in [6.45, 7) is 3.63. The Morgan fingerprint density at radius 1 is 1.50 bits per heavy atom. The first kappa shape index (κ1) is 10.4. The van der Waals surface area contributed by atoms with Crippen LogP contribution in [0.5, 0.6) is 5.75 Å². The summed E-state index contributed by atoms with van der Waals surface area (Å²) in [6, 6.07) is 1.80. The second kappa shape index (κ2) is 4.03. The van der Waals surface area contributed by atoms with Crippen LogP contribution in [0.2, 0.25) is 0 Å². The Morgan fingerprint density at radius 2 is 2.21 bits per heavy atom. The number of methoxy groups -OCH3 is 1. The SMILES string of the molecule is COc1cncc(C(C)(C)N=C=O)c1. The maximum Gasteiger partial charge on any atom is 0.235 e. The highest BCUT2D eigenvalue weighted by Crippen LogP contribution is 2.25. The van der Waals surface area contributed by atoms with E-state index in [2.05, 4.69) is 9.98 Å². The van der Waals surface area contributed by atoms with Crippen molar-refractivity contribution in [2.45, 2.75) is 19.4 Å². The summed E-state index contributed by atoms with van der Waals surface area (Å²) in [5.74, 6) is 0.650. The Kier molecular flexibility index (Phi) is 2.99. The minimum absolute atomic E-state index is 0.608. The molecule has 0 aliphatic carbocycles. The molecule has 0 bridgehead atoms. The average Bonchev–Trinajstić information content (AvgIpc) is 2.18. The van der Waals surface area contributed by atoms with Crippen molar-refractivity contribution in [1.82, 2.24) is 4.98 Å². The molecule has 0 atom stereocenters. The molecule has 0 amide bonds. The first-order chi connectivity index (χ1) is 6.60. The van der Waals surface area contributed by atoms with Crippen molar-refractivity contribution in [1.29, 1.82) is 0 Å². The molecule has 0 N–H and O–H groups in total. The molecule has 0 saturated carbocycles. The molecule has 74 valence electrons. The molecule has 1 heterocycles. The second-order valence-corrected chi connectivity index (χ2v) is 3.38. The summed E-state index contributed by atoms with van der Waals surface area (Å²) in [4.78, 5) is 17.9. The average molecular weight is 192 g/mol. The molecule has 0 radical (unpaired) electrons. The standard InChI is InChI=1S/C10H12N2O2/c1-10(2,12-7-13)8-4-9(14-3)6-11-5-8/h4-6H,1-3H3. The summed E-state index contributed by atoms with van der Waals surface area (Å²) < 4.78 is 5.03. The van der Waals surface area contributed by atoms with Gasteiger partial charge in [0.15, 0.2) is 0 Å². The van der Waals surface area contributed by atoms with Crippen molar-refractivity contribution < 1.29 is 9.53 Å². The lowest BCUT2D eigenvalue weighted by Gasteiger charge is -2.17. The molecule has 1 rings (SSSR count). The van der Waals surface area contributed by atoms with Gasteiger partial charge < -0.3 is 4.74 Å². The van der Waals surface area contributed by atoms with E-state index >= 15 is 0 Å². The van der Waals surface area contributed by atoms with Crippen LogP contribution in [-0.2, 0) is 10.3 Å². The molecule has 0 saturated heterocycles. The first-order valence-corrected chi connectivity index (χ1v) is 4.18. The number of aromatic nitrogens is 1. The quantitative estimate of drug-likeness (QED) is 0.540. The fraction of sp³-hybridized carbons (Fsp3) is 0.400. The highest BCUT2D eigenvalue weighted by atomic mass is 16.5. The van der Waals surface area contributed by atoms with E-state index < -0.39 is 5.54 Å². The van der Waals surface area contributed by atoms with Gasteiger partial charge in [0.2, 0.25) is 6.08 Å². The predicted octanol–water partition coefficient (Wildman–Crippen LogP) is 1.66. The lowest BCUT2D eigenvalue weighted by molar-refractivity contribution is 0.410. The van der Waals surface area contributed by atoms with E-state index in [0.717, 1.165) is 5.56 Å². The summed E-state index contributed by atoms with van der Waals surface area (Å²) in [7, 11) is 1.57. The van der Waals surface area contributed by atoms with Gasteiger partial charge in [-0.15, -0.1) is 0 Å². The highest BCUT2D eigenvalue weighted by Gasteiger charge is 2.20. The molecule has 1 aromatic heterocycles. The molecule has 1 aromatic rings. The number of hydrogen-bond donors (Lipinski definition) is 0. The van der Waals surface area contributed by atoms with Crippen molar-refractivity contribution in [3.63, 3.8) is 0 Å². The second-order valence-electron chi connectivity index (χ2n) is 3.38. The Balaban J connectivity index is 3.11. The van der Waals surface area contributed by atoms with Crippen LogP contribution in [0.15, 0.2) is 23.5 Å². The number of carbonyl (C=O) groups excluding carboxylic acids is 1. The van der Waals surface area contributed by atoms with E-state index in [4.69, 9.17) is 4.74 Å². The van der Waals surface area contributed by atoms with Gasteiger partial charge in [-0.3, -0.25) is 4.98 Å². The van der Waals surface area contributed by atoms with Gasteiger partial charge in [-0.2, -0.15) is 4.99 Å². The van der Waals surface area contributed by atoms with Gasteiger partial charge in [0.05, 0.1) is 18.8 Å². The molecule has 0 aromatic carbocycles. The molecule has 0 unspecified atom stereocenters. The van der Waals surface area contributed by atoms with E-state index in [1.807, 2.05) is 13.8 Å². The summed E-state index contributed by atoms with van der Waals surface area (Å²) in [5.41, 5.74) is 0.212. The third kappa shape index (κ3) is 2.18.